The third-order valence-corrected chi connectivity index (χ3v) is 8.82. The van der Waals surface area contributed by atoms with E-state index in [1.807, 2.05) is 45.1 Å². The van der Waals surface area contributed by atoms with Crippen molar-refractivity contribution in [2.75, 3.05) is 0 Å². The minimum Gasteiger partial charge on any atom is -0.432 e. The zero-order valence-electron chi connectivity index (χ0n) is 15.4. The summed E-state index contributed by atoms with van der Waals surface area (Å²) in [5, 5.41) is 0.0181. The zero-order chi connectivity index (χ0) is 17.3. The number of benzene rings is 1. The van der Waals surface area contributed by atoms with Crippen molar-refractivity contribution in [1.29, 1.82) is 0 Å². The fraction of sp³-hybridized carbons (Fsp3) is 0.684. The molecular weight excluding hydrogens is 304 g/mol. The van der Waals surface area contributed by atoms with Gasteiger partial charge in [0.25, 0.3) is 0 Å². The van der Waals surface area contributed by atoms with Crippen molar-refractivity contribution >= 4 is 8.32 Å². The Kier molecular flexibility index (Phi) is 5.41. The third-order valence-electron chi connectivity index (χ3n) is 5.26. The van der Waals surface area contributed by atoms with Crippen molar-refractivity contribution < 1.29 is 14.3 Å². The van der Waals surface area contributed by atoms with Gasteiger partial charge in [0.2, 0.25) is 0 Å². The molecule has 0 unspecified atom stereocenters. The smallest absolute Gasteiger partial charge is 0.188 e. The van der Waals surface area contributed by atoms with E-state index in [1.165, 1.54) is 5.56 Å². The van der Waals surface area contributed by atoms with Gasteiger partial charge < -0.3 is 14.3 Å². The van der Waals surface area contributed by atoms with Crippen LogP contribution in [0.4, 0.5) is 0 Å². The maximum absolute atomic E-state index is 10.4. The van der Waals surface area contributed by atoms with E-state index in [0.29, 0.717) is 0 Å². The van der Waals surface area contributed by atoms with Crippen LogP contribution in [0.15, 0.2) is 30.3 Å². The Hall–Kier alpha value is -0.683. The predicted octanol–water partition coefficient (Wildman–Crippen LogP) is 5.03. The predicted molar refractivity (Wildman–Crippen MR) is 96.8 cm³/mol. The molecule has 4 heteroatoms. The largest absolute Gasteiger partial charge is 0.432 e. The molecule has 1 aromatic rings. The maximum atomic E-state index is 10.4. The first kappa shape index (κ1) is 18.7. The van der Waals surface area contributed by atoms with Crippen molar-refractivity contribution in [3.63, 3.8) is 0 Å². The molecule has 0 bridgehead atoms. The first-order chi connectivity index (χ1) is 10.5. The van der Waals surface area contributed by atoms with Gasteiger partial charge in [-0.1, -0.05) is 50.6 Å². The lowest BCUT2D eigenvalue weighted by atomic mass is 9.97. The second-order valence-electron chi connectivity index (χ2n) is 8.34. The van der Waals surface area contributed by atoms with Gasteiger partial charge in [-0.3, -0.25) is 0 Å². The highest BCUT2D eigenvalue weighted by Gasteiger charge is 2.42. The van der Waals surface area contributed by atoms with Gasteiger partial charge in [-0.05, 0) is 50.4 Å². The van der Waals surface area contributed by atoms with Crippen molar-refractivity contribution in [3.8, 4) is 0 Å². The van der Waals surface area contributed by atoms with E-state index in [1.54, 1.807) is 0 Å². The molecule has 2 rings (SSSR count). The fourth-order valence-corrected chi connectivity index (χ4v) is 3.81. The normalized spacial score (nSPS) is 24.8. The van der Waals surface area contributed by atoms with E-state index in [2.05, 4.69) is 26.0 Å². The van der Waals surface area contributed by atoms with Gasteiger partial charge in [0.1, 0.15) is 6.10 Å². The minimum atomic E-state index is -2.14. The van der Waals surface area contributed by atoms with Crippen molar-refractivity contribution in [3.05, 3.63) is 35.9 Å². The third kappa shape index (κ3) is 4.66. The van der Waals surface area contributed by atoms with Crippen LogP contribution in [0.5, 0.6) is 0 Å². The molecule has 23 heavy (non-hydrogen) atoms. The molecule has 1 saturated heterocycles. The van der Waals surface area contributed by atoms with Crippen LogP contribution in [0, 0.1) is 0 Å². The van der Waals surface area contributed by atoms with Crippen LogP contribution in [0.25, 0.3) is 0 Å². The van der Waals surface area contributed by atoms with E-state index < -0.39 is 14.1 Å². The van der Waals surface area contributed by atoms with Gasteiger partial charge in [-0.2, -0.15) is 0 Å². The van der Waals surface area contributed by atoms with E-state index in [9.17, 15) is 4.80 Å². The highest BCUT2D eigenvalue weighted by Crippen LogP contribution is 2.43. The highest BCUT2D eigenvalue weighted by atomic mass is 28.4. The average molecular weight is 337 g/mol. The van der Waals surface area contributed by atoms with Crippen molar-refractivity contribution in [2.45, 2.75) is 83.1 Å². The molecule has 0 saturated carbocycles. The SMILES string of the molecule is CC1(C)O[C@H](c2ccccc2)[C@@H](CCCC(C)(C)[Si](C)(C)O)O1. The van der Waals surface area contributed by atoms with Crippen LogP contribution in [-0.2, 0) is 9.47 Å². The van der Waals surface area contributed by atoms with Crippen LogP contribution in [-0.4, -0.2) is 25.0 Å². The molecule has 1 heterocycles. The fourth-order valence-electron chi connectivity index (χ4n) is 3.02. The van der Waals surface area contributed by atoms with E-state index in [0.717, 1.165) is 19.3 Å². The highest BCUT2D eigenvalue weighted by molar-refractivity contribution is 6.72. The Balaban J connectivity index is 2.00. The second kappa shape index (κ2) is 6.67. The number of rotatable bonds is 6. The summed E-state index contributed by atoms with van der Waals surface area (Å²) in [6.07, 6.45) is 3.08. The van der Waals surface area contributed by atoms with Gasteiger partial charge in [0.15, 0.2) is 14.1 Å². The Morgan fingerprint density at radius 1 is 1.13 bits per heavy atom. The van der Waals surface area contributed by atoms with E-state index in [4.69, 9.17) is 9.47 Å². The second-order valence-corrected chi connectivity index (χ2v) is 12.8. The summed E-state index contributed by atoms with van der Waals surface area (Å²) in [5.41, 5.74) is 1.18. The topological polar surface area (TPSA) is 38.7 Å². The Bertz CT molecular complexity index is 505. The first-order valence-electron chi connectivity index (χ1n) is 8.65. The zero-order valence-corrected chi connectivity index (χ0v) is 16.4. The molecule has 2 atom stereocenters. The standard InChI is InChI=1S/C19H32O3Si/c1-18(2,23(5,6)20)14-10-13-16-17(22-19(3,4)21-16)15-11-8-7-9-12-15/h7-9,11-12,16-17,20H,10,13-14H2,1-6H3/t16-,17-/m1/s1. The molecule has 3 nitrogen and oxygen atoms in total. The molecule has 1 aliphatic rings. The van der Waals surface area contributed by atoms with Gasteiger partial charge in [0.05, 0.1) is 6.10 Å². The minimum absolute atomic E-state index is 0.00584. The van der Waals surface area contributed by atoms with Crippen LogP contribution in [0.1, 0.15) is 58.6 Å². The molecule has 0 radical (unpaired) electrons. The summed E-state index contributed by atoms with van der Waals surface area (Å²) in [5.74, 6) is -0.536. The van der Waals surface area contributed by atoms with E-state index in [-0.39, 0.29) is 17.2 Å². The molecule has 0 amide bonds. The van der Waals surface area contributed by atoms with Crippen molar-refractivity contribution in [1.82, 2.24) is 0 Å². The van der Waals surface area contributed by atoms with Crippen molar-refractivity contribution in [2.24, 2.45) is 0 Å². The lowest BCUT2D eigenvalue weighted by Gasteiger charge is -2.35. The molecule has 0 spiro atoms. The lowest BCUT2D eigenvalue weighted by Crippen LogP contribution is -2.39. The summed E-state index contributed by atoms with van der Waals surface area (Å²) >= 11 is 0. The monoisotopic (exact) mass is 336 g/mol. The molecule has 130 valence electrons. The molecule has 1 N–H and O–H groups in total. The molecule has 0 aromatic heterocycles. The number of hydrogen-bond donors (Lipinski definition) is 1. The summed E-state index contributed by atoms with van der Waals surface area (Å²) in [6.45, 7) is 12.4. The van der Waals surface area contributed by atoms with Crippen LogP contribution in [0.3, 0.4) is 0 Å². The van der Waals surface area contributed by atoms with Gasteiger partial charge in [0, 0.05) is 0 Å². The van der Waals surface area contributed by atoms with Gasteiger partial charge in [-0.15, -0.1) is 0 Å². The molecule has 1 aromatic carbocycles. The number of ether oxygens (including phenoxy) is 2. The summed E-state index contributed by atoms with van der Waals surface area (Å²) < 4.78 is 12.3. The Morgan fingerprint density at radius 2 is 1.74 bits per heavy atom. The van der Waals surface area contributed by atoms with Crippen LogP contribution < -0.4 is 0 Å². The molecule has 1 aliphatic heterocycles. The van der Waals surface area contributed by atoms with E-state index >= 15 is 0 Å². The van der Waals surface area contributed by atoms with Gasteiger partial charge in [-0.25, -0.2) is 0 Å². The van der Waals surface area contributed by atoms with Gasteiger partial charge >= 0.3 is 0 Å². The Morgan fingerprint density at radius 3 is 2.30 bits per heavy atom. The lowest BCUT2D eigenvalue weighted by molar-refractivity contribution is -0.147. The molecule has 0 aliphatic carbocycles. The molecule has 1 fully saturated rings. The van der Waals surface area contributed by atoms with Crippen LogP contribution in [0.2, 0.25) is 18.1 Å². The number of hydrogen-bond acceptors (Lipinski definition) is 3. The quantitative estimate of drug-likeness (QED) is 0.741. The summed E-state index contributed by atoms with van der Waals surface area (Å²) in [7, 11) is -2.14. The first-order valence-corrected chi connectivity index (χ1v) is 11.6. The summed E-state index contributed by atoms with van der Waals surface area (Å²) in [6, 6.07) is 10.3. The maximum Gasteiger partial charge on any atom is 0.188 e. The Labute approximate surface area is 142 Å². The molecular formula is C19H32O3Si. The van der Waals surface area contributed by atoms with Crippen LogP contribution >= 0.6 is 0 Å². The summed E-state index contributed by atoms with van der Waals surface area (Å²) in [4.78, 5) is 10.4. The average Bonchev–Trinajstić information content (AvgIpc) is 2.73.